The number of aryl methyl sites for hydroxylation is 2. The highest BCUT2D eigenvalue weighted by molar-refractivity contribution is 7.98. The lowest BCUT2D eigenvalue weighted by Crippen LogP contribution is -2.39. The fourth-order valence-corrected chi connectivity index (χ4v) is 4.07. The van der Waals surface area contributed by atoms with Gasteiger partial charge in [0.1, 0.15) is 5.75 Å². The van der Waals surface area contributed by atoms with E-state index in [0.29, 0.717) is 28.8 Å². The molecule has 0 unspecified atom stereocenters. The first-order chi connectivity index (χ1) is 12.9. The zero-order valence-electron chi connectivity index (χ0n) is 15.9. The average Bonchev–Trinajstić information content (AvgIpc) is 2.64. The second-order valence-electron chi connectivity index (χ2n) is 6.30. The Labute approximate surface area is 175 Å². The third-order valence-corrected chi connectivity index (χ3v) is 5.97. The van der Waals surface area contributed by atoms with E-state index in [9.17, 15) is 4.79 Å². The quantitative estimate of drug-likeness (QED) is 0.514. The van der Waals surface area contributed by atoms with Crippen LogP contribution in [0.3, 0.4) is 0 Å². The lowest BCUT2D eigenvalue weighted by molar-refractivity contribution is -0.127. The van der Waals surface area contributed by atoms with Crippen molar-refractivity contribution in [3.8, 4) is 5.75 Å². The summed E-state index contributed by atoms with van der Waals surface area (Å²) < 4.78 is 5.87. The minimum Gasteiger partial charge on any atom is -0.481 e. The van der Waals surface area contributed by atoms with E-state index < -0.39 is 6.10 Å². The number of nitrogens with one attached hydrogen (secondary N) is 1. The molecule has 0 saturated heterocycles. The van der Waals surface area contributed by atoms with E-state index in [-0.39, 0.29) is 5.91 Å². The Kier molecular flexibility index (Phi) is 8.81. The monoisotopic (exact) mass is 425 g/mol. The van der Waals surface area contributed by atoms with Crippen molar-refractivity contribution < 1.29 is 9.53 Å². The molecule has 0 heterocycles. The molecule has 0 aliphatic carbocycles. The van der Waals surface area contributed by atoms with Crippen LogP contribution >= 0.6 is 35.0 Å². The van der Waals surface area contributed by atoms with Gasteiger partial charge in [0.25, 0.3) is 5.91 Å². The van der Waals surface area contributed by atoms with Crippen molar-refractivity contribution in [3.05, 3.63) is 63.1 Å². The van der Waals surface area contributed by atoms with Gasteiger partial charge >= 0.3 is 0 Å². The summed E-state index contributed by atoms with van der Waals surface area (Å²) in [5.41, 5.74) is 3.29. The van der Waals surface area contributed by atoms with E-state index in [1.54, 1.807) is 11.8 Å². The predicted molar refractivity (Wildman–Crippen MR) is 116 cm³/mol. The zero-order chi connectivity index (χ0) is 19.8. The van der Waals surface area contributed by atoms with E-state index in [0.717, 1.165) is 22.6 Å². The number of hydrogen-bond acceptors (Lipinski definition) is 3. The zero-order valence-corrected chi connectivity index (χ0v) is 18.2. The number of ether oxygens (including phenoxy) is 1. The van der Waals surface area contributed by atoms with Gasteiger partial charge in [0.15, 0.2) is 6.10 Å². The van der Waals surface area contributed by atoms with Gasteiger partial charge in [-0.1, -0.05) is 42.3 Å². The number of halogens is 2. The smallest absolute Gasteiger partial charge is 0.261 e. The highest BCUT2D eigenvalue weighted by Crippen LogP contribution is 2.28. The Balaban J connectivity index is 1.77. The third kappa shape index (κ3) is 6.63. The molecule has 0 fully saturated rings. The van der Waals surface area contributed by atoms with E-state index in [2.05, 4.69) is 12.2 Å². The van der Waals surface area contributed by atoms with Crippen molar-refractivity contribution in [2.75, 3.05) is 12.3 Å². The van der Waals surface area contributed by atoms with E-state index in [1.807, 2.05) is 50.2 Å². The largest absolute Gasteiger partial charge is 0.481 e. The van der Waals surface area contributed by atoms with Crippen LogP contribution in [0.25, 0.3) is 0 Å². The molecule has 2 aromatic carbocycles. The number of carbonyl (C=O) groups is 1. The number of thioether (sulfide) groups is 1. The molecular weight excluding hydrogens is 401 g/mol. The Morgan fingerprint density at radius 2 is 1.85 bits per heavy atom. The molecule has 3 nitrogen and oxygen atoms in total. The number of carbonyl (C=O) groups excluding carboxylic acids is 1. The van der Waals surface area contributed by atoms with Crippen LogP contribution in [-0.4, -0.2) is 24.3 Å². The van der Waals surface area contributed by atoms with E-state index in [1.165, 1.54) is 5.56 Å². The fourth-order valence-electron chi connectivity index (χ4n) is 2.48. The van der Waals surface area contributed by atoms with Crippen LogP contribution in [0.2, 0.25) is 10.0 Å². The molecule has 0 aliphatic heterocycles. The molecule has 146 valence electrons. The first kappa shape index (κ1) is 21.9. The molecule has 1 amide bonds. The number of rotatable bonds is 9. The highest BCUT2D eigenvalue weighted by atomic mass is 35.5. The van der Waals surface area contributed by atoms with Crippen LogP contribution in [0, 0.1) is 13.8 Å². The summed E-state index contributed by atoms with van der Waals surface area (Å²) in [5.74, 6) is 2.12. The molecule has 0 saturated carbocycles. The molecule has 1 atom stereocenters. The van der Waals surface area contributed by atoms with Crippen LogP contribution in [0.1, 0.15) is 30.0 Å². The molecule has 0 spiro atoms. The predicted octanol–water partition coefficient (Wildman–Crippen LogP) is 5.82. The third-order valence-electron chi connectivity index (χ3n) is 4.27. The molecule has 0 aromatic heterocycles. The first-order valence-electron chi connectivity index (χ1n) is 8.94. The second-order valence-corrected chi connectivity index (χ2v) is 8.22. The first-order valence-corrected chi connectivity index (χ1v) is 10.9. The standard InChI is InChI=1S/C21H25Cl2NO2S/c1-4-20(26-16-9-8-14(2)15(3)12-16)21(25)24-10-11-27-13-17-18(22)6-5-7-19(17)23/h5-9,12,20H,4,10-11,13H2,1-3H3,(H,24,25)/t20-/m1/s1. The van der Waals surface area contributed by atoms with Gasteiger partial charge in [0.05, 0.1) is 0 Å². The fraction of sp³-hybridized carbons (Fsp3) is 0.381. The average molecular weight is 426 g/mol. The molecule has 0 aliphatic rings. The van der Waals surface area contributed by atoms with Gasteiger partial charge in [-0.25, -0.2) is 0 Å². The van der Waals surface area contributed by atoms with Crippen LogP contribution in [0.5, 0.6) is 5.75 Å². The summed E-state index contributed by atoms with van der Waals surface area (Å²) in [6.45, 7) is 6.60. The van der Waals surface area contributed by atoms with Crippen molar-refractivity contribution in [1.29, 1.82) is 0 Å². The summed E-state index contributed by atoms with van der Waals surface area (Å²) >= 11 is 14.0. The van der Waals surface area contributed by atoms with Crippen LogP contribution in [-0.2, 0) is 10.5 Å². The van der Waals surface area contributed by atoms with Gasteiger partial charge < -0.3 is 10.1 Å². The number of hydrogen-bond donors (Lipinski definition) is 1. The van der Waals surface area contributed by atoms with Crippen molar-refractivity contribution in [3.63, 3.8) is 0 Å². The van der Waals surface area contributed by atoms with Crippen LogP contribution in [0.4, 0.5) is 0 Å². The minimum atomic E-state index is -0.491. The second kappa shape index (κ2) is 10.8. The van der Waals surface area contributed by atoms with Gasteiger partial charge in [-0.05, 0) is 61.2 Å². The summed E-state index contributed by atoms with van der Waals surface area (Å²) in [6, 6.07) is 11.4. The Morgan fingerprint density at radius 3 is 2.48 bits per heavy atom. The highest BCUT2D eigenvalue weighted by Gasteiger charge is 2.18. The van der Waals surface area contributed by atoms with Crippen LogP contribution < -0.4 is 10.1 Å². The summed E-state index contributed by atoms with van der Waals surface area (Å²) in [4.78, 5) is 12.4. The lowest BCUT2D eigenvalue weighted by atomic mass is 10.1. The van der Waals surface area contributed by atoms with Crippen molar-refractivity contribution in [2.24, 2.45) is 0 Å². The molecular formula is C21H25Cl2NO2S. The number of amides is 1. The van der Waals surface area contributed by atoms with Gasteiger partial charge in [0.2, 0.25) is 0 Å². The van der Waals surface area contributed by atoms with Gasteiger partial charge in [-0.15, -0.1) is 0 Å². The summed E-state index contributed by atoms with van der Waals surface area (Å²) in [5, 5.41) is 4.29. The molecule has 6 heteroatoms. The number of benzene rings is 2. The molecule has 27 heavy (non-hydrogen) atoms. The van der Waals surface area contributed by atoms with Crippen molar-refractivity contribution in [1.82, 2.24) is 5.32 Å². The molecule has 0 bridgehead atoms. The van der Waals surface area contributed by atoms with Gasteiger partial charge in [0, 0.05) is 28.1 Å². The van der Waals surface area contributed by atoms with Gasteiger partial charge in [-0.3, -0.25) is 4.79 Å². The van der Waals surface area contributed by atoms with E-state index >= 15 is 0 Å². The summed E-state index contributed by atoms with van der Waals surface area (Å²) in [6.07, 6.45) is 0.122. The van der Waals surface area contributed by atoms with Crippen LogP contribution in [0.15, 0.2) is 36.4 Å². The van der Waals surface area contributed by atoms with Crippen molar-refractivity contribution in [2.45, 2.75) is 39.0 Å². The normalized spacial score (nSPS) is 11.9. The van der Waals surface area contributed by atoms with Gasteiger partial charge in [-0.2, -0.15) is 11.8 Å². The maximum atomic E-state index is 12.4. The Hall–Kier alpha value is -1.36. The van der Waals surface area contributed by atoms with Crippen molar-refractivity contribution >= 4 is 40.9 Å². The summed E-state index contributed by atoms with van der Waals surface area (Å²) in [7, 11) is 0. The molecule has 2 aromatic rings. The molecule has 0 radical (unpaired) electrons. The Morgan fingerprint density at radius 1 is 1.15 bits per heavy atom. The minimum absolute atomic E-state index is 0.0906. The topological polar surface area (TPSA) is 38.3 Å². The lowest BCUT2D eigenvalue weighted by Gasteiger charge is -2.18. The van der Waals surface area contributed by atoms with E-state index in [4.69, 9.17) is 27.9 Å². The maximum Gasteiger partial charge on any atom is 0.261 e. The maximum absolute atomic E-state index is 12.4. The molecule has 2 rings (SSSR count). The SMILES string of the molecule is CC[C@@H](Oc1ccc(C)c(C)c1)C(=O)NCCSCc1c(Cl)cccc1Cl. The Bertz CT molecular complexity index is 763. The molecule has 1 N–H and O–H groups in total.